The summed E-state index contributed by atoms with van der Waals surface area (Å²) >= 11 is 1.77. The van der Waals surface area contributed by atoms with Crippen LogP contribution in [0.2, 0.25) is 0 Å². The lowest BCUT2D eigenvalue weighted by Crippen LogP contribution is -2.42. The van der Waals surface area contributed by atoms with Crippen molar-refractivity contribution in [3.05, 3.63) is 52.5 Å². The Bertz CT molecular complexity index is 1040. The molecule has 3 heterocycles. The molecule has 29 heavy (non-hydrogen) atoms. The molecule has 1 fully saturated rings. The number of thiophene rings is 1. The first-order valence-electron chi connectivity index (χ1n) is 9.73. The minimum Gasteiger partial charge on any atom is -0.338 e. The highest BCUT2D eigenvalue weighted by Gasteiger charge is 2.35. The van der Waals surface area contributed by atoms with Crippen molar-refractivity contribution < 1.29 is 13.6 Å². The number of carbonyl (C=O) groups excluding carboxylic acids is 1. The molecule has 0 aliphatic carbocycles. The smallest absolute Gasteiger partial charge is 0.255 e. The molecule has 2 N–H and O–H groups in total. The summed E-state index contributed by atoms with van der Waals surface area (Å²) in [4.78, 5) is 19.8. The van der Waals surface area contributed by atoms with Crippen molar-refractivity contribution in [1.29, 1.82) is 0 Å². The van der Waals surface area contributed by atoms with Crippen LogP contribution in [0.1, 0.15) is 33.6 Å². The molecule has 3 aromatic rings. The number of nitrogens with two attached hydrogens (primary N) is 1. The summed E-state index contributed by atoms with van der Waals surface area (Å²) in [5, 5.41) is 1.17. The molecular formula is C22H23F2N3OS. The molecule has 1 aliphatic heterocycles. The largest absolute Gasteiger partial charge is 0.338 e. The molecule has 0 atom stereocenters. The molecule has 0 saturated carbocycles. The zero-order valence-corrected chi connectivity index (χ0v) is 17.1. The Morgan fingerprint density at radius 3 is 2.66 bits per heavy atom. The highest BCUT2D eigenvalue weighted by molar-refractivity contribution is 7.19. The Labute approximate surface area is 172 Å². The number of aromatic nitrogens is 1. The topological polar surface area (TPSA) is 59.2 Å². The second-order valence-electron chi connectivity index (χ2n) is 7.54. The lowest BCUT2D eigenvalue weighted by Gasteiger charge is -2.31. The summed E-state index contributed by atoms with van der Waals surface area (Å²) in [5.74, 6) is -2.91. The Morgan fingerprint density at radius 1 is 1.24 bits per heavy atom. The number of nitrogens with zero attached hydrogens (tertiary/aromatic N) is 2. The number of piperidine rings is 1. The number of hydrogen-bond donors (Lipinski definition) is 1. The van der Waals surface area contributed by atoms with E-state index >= 15 is 0 Å². The molecule has 1 aromatic carbocycles. The number of halogens is 2. The fraction of sp³-hybridized carbons (Fsp3) is 0.364. The van der Waals surface area contributed by atoms with Gasteiger partial charge in [0.05, 0.1) is 11.3 Å². The number of aryl methyl sites for hydroxylation is 1. The number of alkyl halides is 2. The molecule has 0 unspecified atom stereocenters. The number of carbonyl (C=O) groups is 1. The van der Waals surface area contributed by atoms with Crippen LogP contribution in [-0.4, -0.2) is 41.3 Å². The quantitative estimate of drug-likeness (QED) is 0.675. The van der Waals surface area contributed by atoms with Crippen molar-refractivity contribution in [3.63, 3.8) is 0 Å². The van der Waals surface area contributed by atoms with Crippen LogP contribution in [0, 0.1) is 6.92 Å². The van der Waals surface area contributed by atoms with Gasteiger partial charge in [-0.05, 0) is 61.2 Å². The number of pyridine rings is 1. The van der Waals surface area contributed by atoms with Gasteiger partial charge < -0.3 is 10.6 Å². The number of benzene rings is 1. The summed E-state index contributed by atoms with van der Waals surface area (Å²) in [6.45, 7) is 2.86. The predicted molar refractivity (Wildman–Crippen MR) is 113 cm³/mol. The zero-order valence-electron chi connectivity index (χ0n) is 16.3. The summed E-state index contributed by atoms with van der Waals surface area (Å²) in [5.41, 5.74) is 9.06. The standard InChI is InChI=1S/C22H23F2N3OS/c1-14-10-16(11-17-12-18(4-7-25)29-20(14)17)19-3-2-15(13-26-19)21(28)27-8-5-22(23,24)6-9-27/h2-3,10-13H,4-9,25H2,1H3. The van der Waals surface area contributed by atoms with Crippen LogP contribution in [0.3, 0.4) is 0 Å². The van der Waals surface area contributed by atoms with Crippen LogP contribution < -0.4 is 5.73 Å². The number of amides is 1. The second kappa shape index (κ2) is 7.80. The summed E-state index contributed by atoms with van der Waals surface area (Å²) in [7, 11) is 0. The minimum atomic E-state index is -2.67. The van der Waals surface area contributed by atoms with E-state index < -0.39 is 5.92 Å². The molecule has 152 valence electrons. The van der Waals surface area contributed by atoms with Gasteiger partial charge in [0.25, 0.3) is 11.8 Å². The van der Waals surface area contributed by atoms with Crippen LogP contribution in [0.4, 0.5) is 8.78 Å². The van der Waals surface area contributed by atoms with E-state index in [-0.39, 0.29) is 31.8 Å². The van der Waals surface area contributed by atoms with Crippen LogP contribution in [-0.2, 0) is 6.42 Å². The van der Waals surface area contributed by atoms with E-state index in [1.807, 2.05) is 6.07 Å². The van der Waals surface area contributed by atoms with E-state index in [1.54, 1.807) is 17.4 Å². The molecule has 7 heteroatoms. The highest BCUT2D eigenvalue weighted by atomic mass is 32.1. The molecule has 2 aromatic heterocycles. The lowest BCUT2D eigenvalue weighted by atomic mass is 10.0. The van der Waals surface area contributed by atoms with Gasteiger partial charge in [-0.15, -0.1) is 11.3 Å². The molecule has 1 saturated heterocycles. The molecule has 0 spiro atoms. The highest BCUT2D eigenvalue weighted by Crippen LogP contribution is 2.33. The van der Waals surface area contributed by atoms with E-state index in [0.717, 1.165) is 17.7 Å². The van der Waals surface area contributed by atoms with Crippen molar-refractivity contribution in [3.8, 4) is 11.3 Å². The third-order valence-electron chi connectivity index (χ3n) is 5.33. The van der Waals surface area contributed by atoms with Crippen molar-refractivity contribution in [1.82, 2.24) is 9.88 Å². The average molecular weight is 416 g/mol. The van der Waals surface area contributed by atoms with Gasteiger partial charge >= 0.3 is 0 Å². The van der Waals surface area contributed by atoms with Gasteiger partial charge in [-0.3, -0.25) is 9.78 Å². The summed E-state index contributed by atoms with van der Waals surface area (Å²) < 4.78 is 27.9. The van der Waals surface area contributed by atoms with Crippen LogP contribution in [0.15, 0.2) is 36.5 Å². The fourth-order valence-electron chi connectivity index (χ4n) is 3.71. The Morgan fingerprint density at radius 2 is 2.00 bits per heavy atom. The van der Waals surface area contributed by atoms with Gasteiger partial charge in [0.15, 0.2) is 0 Å². The zero-order chi connectivity index (χ0) is 20.6. The maximum Gasteiger partial charge on any atom is 0.255 e. The first-order valence-corrected chi connectivity index (χ1v) is 10.5. The van der Waals surface area contributed by atoms with Crippen molar-refractivity contribution in [2.75, 3.05) is 19.6 Å². The second-order valence-corrected chi connectivity index (χ2v) is 8.68. The third kappa shape index (κ3) is 4.16. The van der Waals surface area contributed by atoms with Crippen LogP contribution >= 0.6 is 11.3 Å². The predicted octanol–water partition coefficient (Wildman–Crippen LogP) is 4.64. The summed E-state index contributed by atoms with van der Waals surface area (Å²) in [6.07, 6.45) is 1.84. The third-order valence-corrected chi connectivity index (χ3v) is 6.68. The van der Waals surface area contributed by atoms with E-state index in [2.05, 4.69) is 30.1 Å². The average Bonchev–Trinajstić information content (AvgIpc) is 3.11. The van der Waals surface area contributed by atoms with E-state index in [4.69, 9.17) is 5.73 Å². The van der Waals surface area contributed by atoms with Gasteiger partial charge in [0, 0.05) is 47.3 Å². The molecule has 0 radical (unpaired) electrons. The Balaban J connectivity index is 1.55. The molecule has 0 bridgehead atoms. The number of hydrogen-bond acceptors (Lipinski definition) is 4. The normalized spacial score (nSPS) is 16.3. The first-order chi connectivity index (χ1) is 13.9. The number of rotatable bonds is 4. The maximum atomic E-state index is 13.3. The number of likely N-dealkylation sites (tertiary alicyclic amines) is 1. The molecule has 4 rings (SSSR count). The van der Waals surface area contributed by atoms with Crippen LogP contribution in [0.25, 0.3) is 21.3 Å². The molecule has 1 aliphatic rings. The Kier molecular flexibility index (Phi) is 5.36. The SMILES string of the molecule is Cc1cc(-c2ccc(C(=O)N3CCC(F)(F)CC3)cn2)cc2cc(CCN)sc12. The van der Waals surface area contributed by atoms with Gasteiger partial charge in [0.2, 0.25) is 0 Å². The monoisotopic (exact) mass is 415 g/mol. The first kappa shape index (κ1) is 19.9. The van der Waals surface area contributed by atoms with E-state index in [9.17, 15) is 13.6 Å². The van der Waals surface area contributed by atoms with Gasteiger partial charge in [-0.25, -0.2) is 8.78 Å². The molecular weight excluding hydrogens is 392 g/mol. The van der Waals surface area contributed by atoms with E-state index in [0.29, 0.717) is 12.1 Å². The lowest BCUT2D eigenvalue weighted by molar-refractivity contribution is -0.0494. The van der Waals surface area contributed by atoms with Crippen molar-refractivity contribution >= 4 is 27.3 Å². The summed E-state index contributed by atoms with van der Waals surface area (Å²) in [6, 6.07) is 9.92. The van der Waals surface area contributed by atoms with E-state index in [1.165, 1.54) is 31.6 Å². The maximum absolute atomic E-state index is 13.3. The van der Waals surface area contributed by atoms with Crippen LogP contribution in [0.5, 0.6) is 0 Å². The van der Waals surface area contributed by atoms with Crippen molar-refractivity contribution in [2.45, 2.75) is 32.1 Å². The van der Waals surface area contributed by atoms with Gasteiger partial charge in [-0.2, -0.15) is 0 Å². The van der Waals surface area contributed by atoms with Gasteiger partial charge in [0.1, 0.15) is 0 Å². The Hall–Kier alpha value is -2.38. The fourth-order valence-corrected chi connectivity index (χ4v) is 4.83. The van der Waals surface area contributed by atoms with Crippen molar-refractivity contribution in [2.24, 2.45) is 5.73 Å². The molecule has 4 nitrogen and oxygen atoms in total. The minimum absolute atomic E-state index is 0.0761. The molecule has 1 amide bonds. The van der Waals surface area contributed by atoms with Gasteiger partial charge in [-0.1, -0.05) is 0 Å². The number of fused-ring (bicyclic) bond motifs is 1.